The molecule has 4 nitrogen and oxygen atoms in total. The smallest absolute Gasteiger partial charge is 0.263 e. The second kappa shape index (κ2) is 6.13. The molecule has 0 fully saturated rings. The number of hydrogen-bond donors (Lipinski definition) is 2. The van der Waals surface area contributed by atoms with Gasteiger partial charge in [0.1, 0.15) is 10.7 Å². The zero-order valence-electron chi connectivity index (χ0n) is 11.1. The van der Waals surface area contributed by atoms with E-state index in [4.69, 9.17) is 0 Å². The monoisotopic (exact) mass is 373 g/mol. The van der Waals surface area contributed by atoms with Crippen molar-refractivity contribution in [3.05, 3.63) is 57.8 Å². The van der Waals surface area contributed by atoms with E-state index in [1.807, 2.05) is 0 Å². The number of rotatable bonds is 4. The molecule has 21 heavy (non-hydrogen) atoms. The molecule has 7 heteroatoms. The topological polar surface area (TPSA) is 66.4 Å². The number of aliphatic hydroxyl groups is 1. The average Bonchev–Trinajstić information content (AvgIpc) is 2.41. The van der Waals surface area contributed by atoms with E-state index in [9.17, 15) is 17.9 Å². The summed E-state index contributed by atoms with van der Waals surface area (Å²) in [5.74, 6) is -0.533. The summed E-state index contributed by atoms with van der Waals surface area (Å²) in [6.45, 7) is 1.46. The standard InChI is InChI=1S/C14H13BrFNO3S/c1-9-5-10(8-18)6-13(14(9)15)21(19,20)17-12-4-2-3-11(16)7-12/h2-7,17-18H,8H2,1H3. The lowest BCUT2D eigenvalue weighted by atomic mass is 10.1. The Morgan fingerprint density at radius 2 is 2.00 bits per heavy atom. The third kappa shape index (κ3) is 3.61. The van der Waals surface area contributed by atoms with Crippen molar-refractivity contribution in [2.24, 2.45) is 0 Å². The molecule has 0 spiro atoms. The van der Waals surface area contributed by atoms with Gasteiger partial charge in [-0.25, -0.2) is 12.8 Å². The SMILES string of the molecule is Cc1cc(CO)cc(S(=O)(=O)Nc2cccc(F)c2)c1Br. The Hall–Kier alpha value is -1.44. The lowest BCUT2D eigenvalue weighted by Crippen LogP contribution is -2.14. The molecule has 2 aromatic rings. The van der Waals surface area contributed by atoms with Gasteiger partial charge in [0.2, 0.25) is 0 Å². The van der Waals surface area contributed by atoms with Gasteiger partial charge in [-0.1, -0.05) is 12.1 Å². The summed E-state index contributed by atoms with van der Waals surface area (Å²) >= 11 is 3.23. The molecular formula is C14H13BrFNO3S. The zero-order chi connectivity index (χ0) is 15.6. The van der Waals surface area contributed by atoms with E-state index in [1.54, 1.807) is 13.0 Å². The lowest BCUT2D eigenvalue weighted by molar-refractivity contribution is 0.281. The van der Waals surface area contributed by atoms with Crippen molar-refractivity contribution in [3.8, 4) is 0 Å². The largest absolute Gasteiger partial charge is 0.392 e. The second-order valence-electron chi connectivity index (χ2n) is 4.50. The Balaban J connectivity index is 2.47. The average molecular weight is 374 g/mol. The van der Waals surface area contributed by atoms with Crippen molar-refractivity contribution in [1.29, 1.82) is 0 Å². The first-order valence-electron chi connectivity index (χ1n) is 6.02. The van der Waals surface area contributed by atoms with Crippen LogP contribution in [0.15, 0.2) is 45.8 Å². The summed E-state index contributed by atoms with van der Waals surface area (Å²) in [6.07, 6.45) is 0. The highest BCUT2D eigenvalue weighted by Gasteiger charge is 2.20. The maximum atomic E-state index is 13.1. The Labute approximate surface area is 130 Å². The van der Waals surface area contributed by atoms with Gasteiger partial charge in [-0.3, -0.25) is 4.72 Å². The Morgan fingerprint density at radius 3 is 2.62 bits per heavy atom. The van der Waals surface area contributed by atoms with Crippen molar-refractivity contribution in [2.75, 3.05) is 4.72 Å². The minimum atomic E-state index is -3.89. The fourth-order valence-electron chi connectivity index (χ4n) is 1.86. The van der Waals surface area contributed by atoms with E-state index >= 15 is 0 Å². The van der Waals surface area contributed by atoms with Crippen LogP contribution in [0.4, 0.5) is 10.1 Å². The number of hydrogen-bond acceptors (Lipinski definition) is 3. The van der Waals surface area contributed by atoms with Crippen molar-refractivity contribution < 1.29 is 17.9 Å². The van der Waals surface area contributed by atoms with Crippen molar-refractivity contribution >= 4 is 31.6 Å². The molecular weight excluding hydrogens is 361 g/mol. The molecule has 0 atom stereocenters. The summed E-state index contributed by atoms with van der Waals surface area (Å²) < 4.78 is 40.7. The van der Waals surface area contributed by atoms with Crippen LogP contribution >= 0.6 is 15.9 Å². The molecule has 0 amide bonds. The molecule has 0 bridgehead atoms. The number of halogens is 2. The van der Waals surface area contributed by atoms with E-state index in [0.717, 1.165) is 6.07 Å². The van der Waals surface area contributed by atoms with Gasteiger partial charge in [0.25, 0.3) is 10.0 Å². The number of aryl methyl sites for hydroxylation is 1. The van der Waals surface area contributed by atoms with Crippen LogP contribution in [0.2, 0.25) is 0 Å². The third-order valence-corrected chi connectivity index (χ3v) is 5.55. The second-order valence-corrected chi connectivity index (χ2v) is 6.94. The molecule has 0 aromatic heterocycles. The Bertz CT molecular complexity index is 778. The van der Waals surface area contributed by atoms with Gasteiger partial charge in [-0.05, 0) is 58.2 Å². The van der Waals surface area contributed by atoms with Crippen LogP contribution in [0, 0.1) is 12.7 Å². The van der Waals surface area contributed by atoms with Gasteiger partial charge in [0.15, 0.2) is 0 Å². The van der Waals surface area contributed by atoms with Crippen LogP contribution in [0.5, 0.6) is 0 Å². The number of anilines is 1. The minimum Gasteiger partial charge on any atom is -0.392 e. The van der Waals surface area contributed by atoms with E-state index in [0.29, 0.717) is 15.6 Å². The molecule has 0 aliphatic heterocycles. The Morgan fingerprint density at radius 1 is 1.29 bits per heavy atom. The Kier molecular flexibility index (Phi) is 4.65. The van der Waals surface area contributed by atoms with E-state index in [-0.39, 0.29) is 17.2 Å². The molecule has 0 saturated heterocycles. The summed E-state index contributed by atoms with van der Waals surface area (Å²) in [4.78, 5) is -0.00388. The van der Waals surface area contributed by atoms with E-state index in [1.165, 1.54) is 24.3 Å². The van der Waals surface area contributed by atoms with Crippen LogP contribution in [0.3, 0.4) is 0 Å². The third-order valence-electron chi connectivity index (χ3n) is 2.83. The molecule has 0 radical (unpaired) electrons. The van der Waals surface area contributed by atoms with Crippen LogP contribution in [-0.2, 0) is 16.6 Å². The first kappa shape index (κ1) is 15.9. The maximum Gasteiger partial charge on any atom is 0.263 e. The molecule has 2 rings (SSSR count). The van der Waals surface area contributed by atoms with Crippen molar-refractivity contribution in [1.82, 2.24) is 0 Å². The number of nitrogens with one attached hydrogen (secondary N) is 1. The van der Waals surface area contributed by atoms with Crippen LogP contribution < -0.4 is 4.72 Å². The first-order chi connectivity index (χ1) is 9.83. The summed E-state index contributed by atoms with van der Waals surface area (Å²) in [5, 5.41) is 9.19. The minimum absolute atomic E-state index is 0.00388. The first-order valence-corrected chi connectivity index (χ1v) is 8.29. The number of sulfonamides is 1. The normalized spacial score (nSPS) is 11.4. The van der Waals surface area contributed by atoms with Crippen LogP contribution in [0.25, 0.3) is 0 Å². The fraction of sp³-hybridized carbons (Fsp3) is 0.143. The van der Waals surface area contributed by atoms with Gasteiger partial charge >= 0.3 is 0 Å². The molecule has 2 N–H and O–H groups in total. The highest BCUT2D eigenvalue weighted by molar-refractivity contribution is 9.10. The van der Waals surface area contributed by atoms with Crippen LogP contribution in [-0.4, -0.2) is 13.5 Å². The lowest BCUT2D eigenvalue weighted by Gasteiger charge is -2.12. The highest BCUT2D eigenvalue weighted by Crippen LogP contribution is 2.29. The van der Waals surface area contributed by atoms with Crippen LogP contribution in [0.1, 0.15) is 11.1 Å². The van der Waals surface area contributed by atoms with Gasteiger partial charge in [0, 0.05) is 4.47 Å². The van der Waals surface area contributed by atoms with E-state index < -0.39 is 15.8 Å². The van der Waals surface area contributed by atoms with Crippen molar-refractivity contribution in [3.63, 3.8) is 0 Å². The molecule has 112 valence electrons. The summed E-state index contributed by atoms with van der Waals surface area (Å²) in [6, 6.07) is 8.25. The van der Waals surface area contributed by atoms with Crippen molar-refractivity contribution in [2.45, 2.75) is 18.4 Å². The molecule has 0 aliphatic rings. The highest BCUT2D eigenvalue weighted by atomic mass is 79.9. The molecule has 0 unspecified atom stereocenters. The number of aliphatic hydroxyl groups excluding tert-OH is 1. The predicted octanol–water partition coefficient (Wildman–Crippen LogP) is 3.19. The van der Waals surface area contributed by atoms with Gasteiger partial charge < -0.3 is 5.11 Å². The predicted molar refractivity (Wildman–Crippen MR) is 82.0 cm³/mol. The fourth-order valence-corrected chi connectivity index (χ4v) is 3.98. The molecule has 2 aromatic carbocycles. The maximum absolute atomic E-state index is 13.1. The summed E-state index contributed by atoms with van der Waals surface area (Å²) in [7, 11) is -3.89. The van der Waals surface area contributed by atoms with Gasteiger partial charge in [0.05, 0.1) is 12.3 Å². The number of benzene rings is 2. The van der Waals surface area contributed by atoms with E-state index in [2.05, 4.69) is 20.7 Å². The summed E-state index contributed by atoms with van der Waals surface area (Å²) in [5.41, 5.74) is 1.30. The molecule has 0 heterocycles. The molecule has 0 aliphatic carbocycles. The zero-order valence-corrected chi connectivity index (χ0v) is 13.5. The van der Waals surface area contributed by atoms with Gasteiger partial charge in [-0.15, -0.1) is 0 Å². The quantitative estimate of drug-likeness (QED) is 0.864. The molecule has 0 saturated carbocycles. The van der Waals surface area contributed by atoms with Gasteiger partial charge in [-0.2, -0.15) is 0 Å².